The molecule has 1 fully saturated rings. The number of sulfonamides is 1. The van der Waals surface area contributed by atoms with E-state index < -0.39 is 51.1 Å². The molecule has 0 aliphatic carbocycles. The third kappa shape index (κ3) is 4.03. The SMILES string of the molecule is COC1NCNCC1[C@@H](C)NC(=O)CN1C(=O)Nc2ccc(F)c(F)c2S1(=O)=O. The van der Waals surface area contributed by atoms with Crippen molar-refractivity contribution in [1.29, 1.82) is 0 Å². The number of rotatable bonds is 5. The van der Waals surface area contributed by atoms with Crippen LogP contribution in [0.5, 0.6) is 0 Å². The van der Waals surface area contributed by atoms with Gasteiger partial charge in [-0.25, -0.2) is 26.3 Å². The molecule has 2 aliphatic heterocycles. The van der Waals surface area contributed by atoms with Gasteiger partial charge in [-0.1, -0.05) is 0 Å². The first-order valence-electron chi connectivity index (χ1n) is 8.74. The van der Waals surface area contributed by atoms with Gasteiger partial charge in [-0.2, -0.15) is 0 Å². The number of methoxy groups -OCH3 is 1. The number of nitrogens with one attached hydrogen (secondary N) is 4. The highest BCUT2D eigenvalue weighted by Gasteiger charge is 2.41. The number of anilines is 1. The summed E-state index contributed by atoms with van der Waals surface area (Å²) >= 11 is 0. The van der Waals surface area contributed by atoms with Gasteiger partial charge in [0.15, 0.2) is 11.6 Å². The molecule has 3 rings (SSSR count). The first-order chi connectivity index (χ1) is 13.7. The molecule has 1 aromatic rings. The monoisotopic (exact) mass is 433 g/mol. The van der Waals surface area contributed by atoms with Gasteiger partial charge in [-0.3, -0.25) is 10.1 Å². The molecule has 0 saturated carbocycles. The molecule has 0 bridgehead atoms. The van der Waals surface area contributed by atoms with Gasteiger partial charge in [-0.05, 0) is 19.1 Å². The number of benzene rings is 1. The minimum absolute atomic E-state index is 0.170. The summed E-state index contributed by atoms with van der Waals surface area (Å²) in [6.45, 7) is 1.88. The summed E-state index contributed by atoms with van der Waals surface area (Å²) in [6, 6.07) is 0.0650. The van der Waals surface area contributed by atoms with Crippen LogP contribution >= 0.6 is 0 Å². The number of hydrogen-bond acceptors (Lipinski definition) is 7. The zero-order valence-corrected chi connectivity index (χ0v) is 16.5. The van der Waals surface area contributed by atoms with Crippen LogP contribution in [-0.2, 0) is 19.6 Å². The van der Waals surface area contributed by atoms with E-state index in [1.807, 2.05) is 0 Å². The Labute approximate surface area is 166 Å². The fourth-order valence-corrected chi connectivity index (χ4v) is 4.83. The van der Waals surface area contributed by atoms with Crippen molar-refractivity contribution in [3.05, 3.63) is 23.8 Å². The summed E-state index contributed by atoms with van der Waals surface area (Å²) in [7, 11) is -3.25. The molecule has 29 heavy (non-hydrogen) atoms. The fourth-order valence-electron chi connectivity index (χ4n) is 3.34. The lowest BCUT2D eigenvalue weighted by molar-refractivity contribution is -0.122. The van der Waals surface area contributed by atoms with Gasteiger partial charge < -0.3 is 20.7 Å². The Hall–Kier alpha value is -2.35. The molecule has 2 heterocycles. The predicted octanol–water partition coefficient (Wildman–Crippen LogP) is -0.255. The Bertz CT molecular complexity index is 929. The largest absolute Gasteiger partial charge is 0.366 e. The van der Waals surface area contributed by atoms with Crippen molar-refractivity contribution in [2.45, 2.75) is 24.1 Å². The predicted molar refractivity (Wildman–Crippen MR) is 97.2 cm³/mol. The van der Waals surface area contributed by atoms with Gasteiger partial charge in [0.05, 0.1) is 5.69 Å². The number of halogens is 2. The number of fused-ring (bicyclic) bond motifs is 1. The third-order valence-corrected chi connectivity index (χ3v) is 6.63. The van der Waals surface area contributed by atoms with Crippen LogP contribution in [0.25, 0.3) is 0 Å². The van der Waals surface area contributed by atoms with Crippen molar-refractivity contribution in [2.24, 2.45) is 5.92 Å². The molecule has 4 N–H and O–H groups in total. The first-order valence-corrected chi connectivity index (χ1v) is 10.2. The smallest absolute Gasteiger partial charge is 0.336 e. The van der Waals surface area contributed by atoms with Crippen molar-refractivity contribution in [3.8, 4) is 0 Å². The van der Waals surface area contributed by atoms with E-state index in [0.717, 1.165) is 6.07 Å². The van der Waals surface area contributed by atoms with Gasteiger partial charge in [0, 0.05) is 32.3 Å². The molecule has 13 heteroatoms. The maximum Gasteiger partial charge on any atom is 0.336 e. The second-order valence-corrected chi connectivity index (χ2v) is 8.49. The number of ether oxygens (including phenoxy) is 1. The van der Waals surface area contributed by atoms with E-state index in [9.17, 15) is 26.8 Å². The van der Waals surface area contributed by atoms with E-state index in [1.54, 1.807) is 6.92 Å². The van der Waals surface area contributed by atoms with Gasteiger partial charge in [-0.15, -0.1) is 0 Å². The van der Waals surface area contributed by atoms with E-state index >= 15 is 0 Å². The van der Waals surface area contributed by atoms with Crippen molar-refractivity contribution in [2.75, 3.05) is 32.2 Å². The van der Waals surface area contributed by atoms with E-state index in [0.29, 0.717) is 19.3 Å². The second-order valence-electron chi connectivity index (χ2n) is 6.69. The van der Waals surface area contributed by atoms with Crippen LogP contribution in [0.15, 0.2) is 17.0 Å². The summed E-state index contributed by atoms with van der Waals surface area (Å²) in [6.07, 6.45) is -0.336. The quantitative estimate of drug-likeness (QED) is 0.504. The lowest BCUT2D eigenvalue weighted by atomic mass is 9.97. The van der Waals surface area contributed by atoms with Crippen LogP contribution < -0.4 is 21.3 Å². The molecule has 0 aromatic heterocycles. The molecule has 3 amide bonds. The van der Waals surface area contributed by atoms with Crippen LogP contribution in [0.4, 0.5) is 19.3 Å². The van der Waals surface area contributed by atoms with Crippen LogP contribution in [0.2, 0.25) is 0 Å². The highest BCUT2D eigenvalue weighted by atomic mass is 32.2. The normalized spacial score (nSPS) is 24.4. The first kappa shape index (κ1) is 21.4. The standard InChI is InChI=1S/C16H21F2N5O5S/c1-8(9-5-19-7-20-15(9)28-2)21-12(24)6-23-16(25)22-11-4-3-10(17)13(18)14(11)29(23,26)27/h3-4,8-9,15,19-20H,5-7H2,1-2H3,(H,21,24)(H,22,25)/t8-,9?,15?/m1/s1. The minimum Gasteiger partial charge on any atom is -0.366 e. The molecule has 1 aromatic carbocycles. The number of hydrogen-bond donors (Lipinski definition) is 4. The molecule has 10 nitrogen and oxygen atoms in total. The van der Waals surface area contributed by atoms with Crippen LogP contribution in [0.1, 0.15) is 6.92 Å². The summed E-state index contributed by atoms with van der Waals surface area (Å²) in [5, 5.41) is 10.9. The van der Waals surface area contributed by atoms with Gasteiger partial charge in [0.1, 0.15) is 17.7 Å². The Morgan fingerprint density at radius 2 is 2.14 bits per heavy atom. The number of urea groups is 1. The zero-order chi connectivity index (χ0) is 21.3. The van der Waals surface area contributed by atoms with Gasteiger partial charge in [0.25, 0.3) is 10.0 Å². The van der Waals surface area contributed by atoms with E-state index in [1.165, 1.54) is 7.11 Å². The molecule has 2 aliphatic rings. The highest BCUT2D eigenvalue weighted by Crippen LogP contribution is 2.33. The van der Waals surface area contributed by atoms with E-state index in [-0.39, 0.29) is 22.1 Å². The average Bonchev–Trinajstić information content (AvgIpc) is 2.67. The Morgan fingerprint density at radius 1 is 1.41 bits per heavy atom. The van der Waals surface area contributed by atoms with Crippen molar-refractivity contribution < 1.29 is 31.5 Å². The Balaban J connectivity index is 1.76. The summed E-state index contributed by atoms with van der Waals surface area (Å²) in [4.78, 5) is 23.6. The average molecular weight is 433 g/mol. The lowest BCUT2D eigenvalue weighted by Crippen LogP contribution is -2.59. The molecule has 3 atom stereocenters. The lowest BCUT2D eigenvalue weighted by Gasteiger charge is -2.36. The molecule has 0 radical (unpaired) electrons. The van der Waals surface area contributed by atoms with Crippen molar-refractivity contribution in [1.82, 2.24) is 20.3 Å². The zero-order valence-electron chi connectivity index (χ0n) is 15.7. The van der Waals surface area contributed by atoms with E-state index in [2.05, 4.69) is 21.3 Å². The van der Waals surface area contributed by atoms with Crippen molar-refractivity contribution in [3.63, 3.8) is 0 Å². The molecular weight excluding hydrogens is 412 g/mol. The summed E-state index contributed by atoms with van der Waals surface area (Å²) < 4.78 is 58.4. The maximum absolute atomic E-state index is 14.1. The number of carbonyl (C=O) groups is 2. The molecule has 1 saturated heterocycles. The third-order valence-electron chi connectivity index (χ3n) is 4.84. The highest BCUT2D eigenvalue weighted by molar-refractivity contribution is 7.90. The van der Waals surface area contributed by atoms with Crippen molar-refractivity contribution >= 4 is 27.6 Å². The number of nitrogens with zero attached hydrogens (tertiary/aromatic N) is 1. The van der Waals surface area contributed by atoms with Crippen LogP contribution in [0.3, 0.4) is 0 Å². The molecule has 0 spiro atoms. The molecule has 160 valence electrons. The topological polar surface area (TPSA) is 129 Å². The summed E-state index contributed by atoms with van der Waals surface area (Å²) in [5.74, 6) is -3.96. The molecule has 2 unspecified atom stereocenters. The van der Waals surface area contributed by atoms with Gasteiger partial charge >= 0.3 is 6.03 Å². The summed E-state index contributed by atoms with van der Waals surface area (Å²) in [5.41, 5.74) is -0.388. The fraction of sp³-hybridized carbons (Fsp3) is 0.500. The van der Waals surface area contributed by atoms with Gasteiger partial charge in [0.2, 0.25) is 5.91 Å². The number of amides is 3. The minimum atomic E-state index is -4.76. The Morgan fingerprint density at radius 3 is 2.83 bits per heavy atom. The van der Waals surface area contributed by atoms with E-state index in [4.69, 9.17) is 4.74 Å². The molecular formula is C16H21F2N5O5S. The maximum atomic E-state index is 14.1. The second kappa shape index (κ2) is 8.18. The Kier molecular flexibility index (Phi) is 6.03. The van der Waals surface area contributed by atoms with Crippen LogP contribution in [0, 0.1) is 17.6 Å². The number of carbonyl (C=O) groups excluding carboxylic acids is 2. The van der Waals surface area contributed by atoms with Crippen LogP contribution in [-0.4, -0.2) is 63.8 Å².